The van der Waals surface area contributed by atoms with Crippen LogP contribution in [0.5, 0.6) is 0 Å². The lowest BCUT2D eigenvalue weighted by atomic mass is 10.1. The first kappa shape index (κ1) is 12.1. The molecule has 2 aliphatic heterocycles. The van der Waals surface area contributed by atoms with Gasteiger partial charge in [0.25, 0.3) is 0 Å². The molecule has 2 aliphatic rings. The molecule has 5 heteroatoms. The van der Waals surface area contributed by atoms with E-state index in [4.69, 9.17) is 4.98 Å². The molecule has 2 aromatic heterocycles. The summed E-state index contributed by atoms with van der Waals surface area (Å²) < 4.78 is 4.59. The van der Waals surface area contributed by atoms with E-state index in [9.17, 15) is 0 Å². The largest absolute Gasteiger partial charge is 0.334 e. The van der Waals surface area contributed by atoms with Crippen LogP contribution >= 0.6 is 0 Å². The molecular weight excluding hydrogens is 250 g/mol. The molecule has 0 unspecified atom stereocenters. The minimum Gasteiger partial charge on any atom is -0.334 e. The van der Waals surface area contributed by atoms with Gasteiger partial charge in [-0.2, -0.15) is 0 Å². The highest BCUT2D eigenvalue weighted by atomic mass is 15.3. The molecule has 0 saturated carbocycles. The van der Waals surface area contributed by atoms with E-state index < -0.39 is 0 Å². The summed E-state index contributed by atoms with van der Waals surface area (Å²) in [4.78, 5) is 4.80. The second kappa shape index (κ2) is 5.04. The summed E-state index contributed by atoms with van der Waals surface area (Å²) in [6, 6.07) is 0. The van der Waals surface area contributed by atoms with Gasteiger partial charge in [0, 0.05) is 32.1 Å². The van der Waals surface area contributed by atoms with Crippen molar-refractivity contribution in [1.82, 2.24) is 24.3 Å². The number of hydrogen-bond donors (Lipinski definition) is 0. The fraction of sp³-hybridized carbons (Fsp3) is 0.667. The third kappa shape index (κ3) is 2.05. The van der Waals surface area contributed by atoms with E-state index in [-0.39, 0.29) is 0 Å². The van der Waals surface area contributed by atoms with Crippen molar-refractivity contribution in [3.05, 3.63) is 17.8 Å². The summed E-state index contributed by atoms with van der Waals surface area (Å²) in [5.74, 6) is 3.34. The predicted molar refractivity (Wildman–Crippen MR) is 76.4 cm³/mol. The van der Waals surface area contributed by atoms with Gasteiger partial charge < -0.3 is 9.13 Å². The Balaban J connectivity index is 1.72. The van der Waals surface area contributed by atoms with Gasteiger partial charge in [-0.15, -0.1) is 10.2 Å². The van der Waals surface area contributed by atoms with Gasteiger partial charge >= 0.3 is 0 Å². The van der Waals surface area contributed by atoms with Crippen molar-refractivity contribution in [2.75, 3.05) is 0 Å². The van der Waals surface area contributed by atoms with E-state index in [0.717, 1.165) is 43.3 Å². The normalized spacial score (nSPS) is 19.0. The number of rotatable bonds is 1. The monoisotopic (exact) mass is 271 g/mol. The Bertz CT molecular complexity index is 586. The van der Waals surface area contributed by atoms with Crippen LogP contribution in [-0.4, -0.2) is 24.3 Å². The highest BCUT2D eigenvalue weighted by Gasteiger charge is 2.20. The van der Waals surface area contributed by atoms with Crippen molar-refractivity contribution < 1.29 is 0 Å². The second-order valence-corrected chi connectivity index (χ2v) is 5.95. The van der Waals surface area contributed by atoms with Gasteiger partial charge in [-0.1, -0.05) is 12.8 Å². The Kier molecular flexibility index (Phi) is 3.05. The van der Waals surface area contributed by atoms with Crippen molar-refractivity contribution in [1.29, 1.82) is 0 Å². The van der Waals surface area contributed by atoms with Gasteiger partial charge in [0.2, 0.25) is 0 Å². The molecule has 4 rings (SSSR count). The third-order valence-corrected chi connectivity index (χ3v) is 4.50. The lowest BCUT2D eigenvalue weighted by molar-refractivity contribution is 0.518. The number of imidazole rings is 1. The first-order valence-corrected chi connectivity index (χ1v) is 7.90. The van der Waals surface area contributed by atoms with Crippen LogP contribution in [0.1, 0.15) is 50.2 Å². The van der Waals surface area contributed by atoms with E-state index in [2.05, 4.69) is 25.5 Å². The zero-order chi connectivity index (χ0) is 13.4. The van der Waals surface area contributed by atoms with Crippen LogP contribution < -0.4 is 0 Å². The molecule has 0 fully saturated rings. The molecule has 0 spiro atoms. The summed E-state index contributed by atoms with van der Waals surface area (Å²) in [7, 11) is 0. The molecule has 20 heavy (non-hydrogen) atoms. The maximum atomic E-state index is 4.80. The summed E-state index contributed by atoms with van der Waals surface area (Å²) in [6.45, 7) is 2.14. The van der Waals surface area contributed by atoms with Gasteiger partial charge in [-0.3, -0.25) is 0 Å². The molecule has 0 aromatic carbocycles. The second-order valence-electron chi connectivity index (χ2n) is 5.95. The quantitative estimate of drug-likeness (QED) is 0.801. The van der Waals surface area contributed by atoms with Crippen LogP contribution in [0.3, 0.4) is 0 Å². The van der Waals surface area contributed by atoms with Crippen LogP contribution in [0, 0.1) is 0 Å². The molecule has 0 aliphatic carbocycles. The van der Waals surface area contributed by atoms with Crippen molar-refractivity contribution in [2.24, 2.45) is 0 Å². The first-order valence-electron chi connectivity index (χ1n) is 7.90. The highest BCUT2D eigenvalue weighted by molar-refractivity contribution is 5.49. The third-order valence-electron chi connectivity index (χ3n) is 4.50. The molecule has 4 heterocycles. The maximum absolute atomic E-state index is 4.80. The van der Waals surface area contributed by atoms with Crippen LogP contribution in [0.15, 0.2) is 6.20 Å². The zero-order valence-electron chi connectivity index (χ0n) is 11.9. The fourth-order valence-electron chi connectivity index (χ4n) is 3.37. The van der Waals surface area contributed by atoms with E-state index in [0.29, 0.717) is 0 Å². The zero-order valence-corrected chi connectivity index (χ0v) is 11.9. The molecule has 0 saturated heterocycles. The average Bonchev–Trinajstić information content (AvgIpc) is 3.01. The van der Waals surface area contributed by atoms with Crippen molar-refractivity contribution in [2.45, 2.75) is 64.5 Å². The maximum Gasteiger partial charge on any atom is 0.184 e. The molecule has 0 atom stereocenters. The lowest BCUT2D eigenvalue weighted by Gasteiger charge is -2.12. The summed E-state index contributed by atoms with van der Waals surface area (Å²) >= 11 is 0. The molecule has 2 aromatic rings. The number of aryl methyl sites for hydroxylation is 3. The fourth-order valence-corrected chi connectivity index (χ4v) is 3.37. The van der Waals surface area contributed by atoms with E-state index in [1.165, 1.54) is 44.3 Å². The average molecular weight is 271 g/mol. The van der Waals surface area contributed by atoms with Gasteiger partial charge in [-0.25, -0.2) is 4.98 Å². The predicted octanol–water partition coefficient (Wildman–Crippen LogP) is 2.59. The van der Waals surface area contributed by atoms with Crippen LogP contribution in [0.4, 0.5) is 0 Å². The molecule has 0 radical (unpaired) electrons. The summed E-state index contributed by atoms with van der Waals surface area (Å²) in [5, 5.41) is 8.84. The van der Waals surface area contributed by atoms with Crippen LogP contribution in [0.2, 0.25) is 0 Å². The molecule has 106 valence electrons. The summed E-state index contributed by atoms with van der Waals surface area (Å²) in [6.07, 6.45) is 11.9. The summed E-state index contributed by atoms with van der Waals surface area (Å²) in [5.41, 5.74) is 1.02. The van der Waals surface area contributed by atoms with Crippen LogP contribution in [0.25, 0.3) is 11.5 Å². The molecule has 0 bridgehead atoms. The SMILES string of the molecule is c1c(-c2nnc3n2CCCCCC3)nc2n1CCCC2. The van der Waals surface area contributed by atoms with Gasteiger partial charge in [0.05, 0.1) is 0 Å². The Morgan fingerprint density at radius 1 is 0.800 bits per heavy atom. The lowest BCUT2D eigenvalue weighted by Crippen LogP contribution is -2.09. The first-order chi connectivity index (χ1) is 9.92. The van der Waals surface area contributed by atoms with Crippen LogP contribution in [-0.2, 0) is 25.9 Å². The van der Waals surface area contributed by atoms with Crippen molar-refractivity contribution in [3.63, 3.8) is 0 Å². The minimum absolute atomic E-state index is 0.976. The molecule has 0 N–H and O–H groups in total. The van der Waals surface area contributed by atoms with E-state index in [1.807, 2.05) is 0 Å². The van der Waals surface area contributed by atoms with E-state index >= 15 is 0 Å². The number of aromatic nitrogens is 5. The Morgan fingerprint density at radius 2 is 1.60 bits per heavy atom. The Morgan fingerprint density at radius 3 is 2.55 bits per heavy atom. The minimum atomic E-state index is 0.976. The standard InChI is InChI=1S/C15H21N5/c1-2-5-10-20-14(8-3-1)17-18-15(20)12-11-19-9-6-4-7-13(19)16-12/h11H,1-10H2. The highest BCUT2D eigenvalue weighted by Crippen LogP contribution is 2.24. The number of fused-ring (bicyclic) bond motifs is 2. The van der Waals surface area contributed by atoms with Gasteiger partial charge in [0.15, 0.2) is 5.82 Å². The molecule has 0 amide bonds. The van der Waals surface area contributed by atoms with Gasteiger partial charge in [0.1, 0.15) is 17.3 Å². The number of nitrogens with zero attached hydrogens (tertiary/aromatic N) is 5. The Labute approximate surface area is 119 Å². The van der Waals surface area contributed by atoms with Gasteiger partial charge in [-0.05, 0) is 25.7 Å². The van der Waals surface area contributed by atoms with Crippen molar-refractivity contribution in [3.8, 4) is 11.5 Å². The smallest absolute Gasteiger partial charge is 0.184 e. The molecular formula is C15H21N5. The van der Waals surface area contributed by atoms with Crippen molar-refractivity contribution >= 4 is 0 Å². The topological polar surface area (TPSA) is 48.5 Å². The molecule has 5 nitrogen and oxygen atoms in total. The number of hydrogen-bond acceptors (Lipinski definition) is 3. The van der Waals surface area contributed by atoms with E-state index in [1.54, 1.807) is 0 Å². The Hall–Kier alpha value is -1.65.